The van der Waals surface area contributed by atoms with Crippen LogP contribution in [0.4, 0.5) is 0 Å². The van der Waals surface area contributed by atoms with Gasteiger partial charge < -0.3 is 5.11 Å². The van der Waals surface area contributed by atoms with Crippen molar-refractivity contribution in [3.8, 4) is 0 Å². The van der Waals surface area contributed by atoms with E-state index in [1.165, 1.54) is 0 Å². The van der Waals surface area contributed by atoms with Crippen molar-refractivity contribution in [1.29, 1.82) is 0 Å². The molecule has 5 nitrogen and oxygen atoms in total. The molecule has 0 atom stereocenters. The summed E-state index contributed by atoms with van der Waals surface area (Å²) in [6, 6.07) is 0. The van der Waals surface area contributed by atoms with E-state index in [0.717, 1.165) is 37.9 Å². The monoisotopic (exact) mass is 253 g/mol. The zero-order valence-electron chi connectivity index (χ0n) is 11.3. The zero-order valence-corrected chi connectivity index (χ0v) is 11.3. The molecule has 0 saturated carbocycles. The number of nitrogens with zero attached hydrogens (tertiary/aromatic N) is 3. The maximum absolute atomic E-state index is 10.4. The second-order valence-corrected chi connectivity index (χ2v) is 4.72. The third kappa shape index (κ3) is 5.29. The van der Waals surface area contributed by atoms with Gasteiger partial charge in [-0.2, -0.15) is 0 Å². The molecule has 0 amide bonds. The Balaban J connectivity index is 2.31. The third-order valence-corrected chi connectivity index (χ3v) is 3.26. The summed E-state index contributed by atoms with van der Waals surface area (Å²) in [7, 11) is 0. The van der Waals surface area contributed by atoms with Crippen LogP contribution in [0.1, 0.15) is 51.6 Å². The summed E-state index contributed by atoms with van der Waals surface area (Å²) in [6.45, 7) is 5.31. The first-order chi connectivity index (χ1) is 8.65. The van der Waals surface area contributed by atoms with Gasteiger partial charge in [-0.3, -0.25) is 9.48 Å². The summed E-state index contributed by atoms with van der Waals surface area (Å²) < 4.78 is 1.91. The number of aryl methyl sites for hydroxylation is 1. The van der Waals surface area contributed by atoms with Gasteiger partial charge in [-0.05, 0) is 25.2 Å². The lowest BCUT2D eigenvalue weighted by Gasteiger charge is -2.10. The molecule has 0 aliphatic carbocycles. The van der Waals surface area contributed by atoms with Gasteiger partial charge in [-0.1, -0.05) is 31.9 Å². The van der Waals surface area contributed by atoms with E-state index < -0.39 is 5.97 Å². The van der Waals surface area contributed by atoms with Gasteiger partial charge >= 0.3 is 5.97 Å². The van der Waals surface area contributed by atoms with Gasteiger partial charge in [-0.15, -0.1) is 5.10 Å². The molecule has 0 fully saturated rings. The van der Waals surface area contributed by atoms with Gasteiger partial charge in [0.2, 0.25) is 0 Å². The number of hydrogen-bond acceptors (Lipinski definition) is 3. The minimum atomic E-state index is -0.729. The molecule has 0 saturated heterocycles. The number of hydrogen-bond donors (Lipinski definition) is 1. The Morgan fingerprint density at radius 2 is 2.11 bits per heavy atom. The fourth-order valence-corrected chi connectivity index (χ4v) is 1.94. The molecule has 102 valence electrons. The summed E-state index contributed by atoms with van der Waals surface area (Å²) in [5, 5.41) is 16.8. The van der Waals surface area contributed by atoms with Crippen LogP contribution in [0.25, 0.3) is 0 Å². The molecule has 0 spiro atoms. The smallest absolute Gasteiger partial charge is 0.303 e. The predicted molar refractivity (Wildman–Crippen MR) is 69.3 cm³/mol. The van der Waals surface area contributed by atoms with Crippen molar-refractivity contribution in [2.75, 3.05) is 0 Å². The maximum atomic E-state index is 10.4. The van der Waals surface area contributed by atoms with E-state index in [-0.39, 0.29) is 6.42 Å². The Morgan fingerprint density at radius 3 is 2.72 bits per heavy atom. The molecule has 18 heavy (non-hydrogen) atoms. The Kier molecular flexibility index (Phi) is 6.39. The molecule has 1 N–H and O–H groups in total. The number of carboxylic acid groups (broad SMARTS) is 1. The van der Waals surface area contributed by atoms with Crippen molar-refractivity contribution in [3.05, 3.63) is 11.9 Å². The number of aliphatic carboxylic acids is 1. The SMILES string of the molecule is CCC(CC)Cn1cc(CCCCC(=O)O)nn1. The summed E-state index contributed by atoms with van der Waals surface area (Å²) in [5.74, 6) is -0.0704. The zero-order chi connectivity index (χ0) is 13.4. The minimum Gasteiger partial charge on any atom is -0.481 e. The highest BCUT2D eigenvalue weighted by Crippen LogP contribution is 2.11. The van der Waals surface area contributed by atoms with Crippen molar-refractivity contribution in [2.24, 2.45) is 5.92 Å². The molecule has 0 aliphatic heterocycles. The van der Waals surface area contributed by atoms with E-state index >= 15 is 0 Å². The quantitative estimate of drug-likeness (QED) is 0.687. The van der Waals surface area contributed by atoms with E-state index in [9.17, 15) is 4.79 Å². The fourth-order valence-electron chi connectivity index (χ4n) is 1.94. The highest BCUT2D eigenvalue weighted by molar-refractivity contribution is 5.66. The van der Waals surface area contributed by atoms with Crippen LogP contribution in [0.3, 0.4) is 0 Å². The summed E-state index contributed by atoms with van der Waals surface area (Å²) in [4.78, 5) is 10.4. The maximum Gasteiger partial charge on any atom is 0.303 e. The largest absolute Gasteiger partial charge is 0.481 e. The van der Waals surface area contributed by atoms with Crippen molar-refractivity contribution in [1.82, 2.24) is 15.0 Å². The van der Waals surface area contributed by atoms with Gasteiger partial charge in [0.15, 0.2) is 0 Å². The number of carboxylic acids is 1. The van der Waals surface area contributed by atoms with Crippen molar-refractivity contribution < 1.29 is 9.90 Å². The van der Waals surface area contributed by atoms with Gasteiger partial charge in [0.05, 0.1) is 5.69 Å². The highest BCUT2D eigenvalue weighted by Gasteiger charge is 2.07. The molecule has 1 heterocycles. The second-order valence-electron chi connectivity index (χ2n) is 4.72. The molecule has 0 bridgehead atoms. The van der Waals surface area contributed by atoms with Crippen LogP contribution in [-0.2, 0) is 17.8 Å². The fraction of sp³-hybridized carbons (Fsp3) is 0.769. The number of aromatic nitrogens is 3. The first-order valence-electron chi connectivity index (χ1n) is 6.76. The van der Waals surface area contributed by atoms with Crippen LogP contribution in [-0.4, -0.2) is 26.1 Å². The lowest BCUT2D eigenvalue weighted by atomic mass is 10.0. The van der Waals surface area contributed by atoms with Crippen LogP contribution >= 0.6 is 0 Å². The van der Waals surface area contributed by atoms with E-state index in [2.05, 4.69) is 24.2 Å². The molecular weight excluding hydrogens is 230 g/mol. The third-order valence-electron chi connectivity index (χ3n) is 3.26. The molecule has 0 radical (unpaired) electrons. The van der Waals surface area contributed by atoms with Crippen LogP contribution in [0.15, 0.2) is 6.20 Å². The number of unbranched alkanes of at least 4 members (excludes halogenated alkanes) is 1. The molecule has 1 aromatic heterocycles. The Bertz CT molecular complexity index is 359. The lowest BCUT2D eigenvalue weighted by molar-refractivity contribution is -0.137. The van der Waals surface area contributed by atoms with Crippen LogP contribution in [0, 0.1) is 5.92 Å². The van der Waals surface area contributed by atoms with Crippen molar-refractivity contribution >= 4 is 5.97 Å². The Hall–Kier alpha value is -1.39. The standard InChI is InChI=1S/C13H23N3O2/c1-3-11(4-2)9-16-10-12(14-15-16)7-5-6-8-13(17)18/h10-11H,3-9H2,1-2H3,(H,17,18). The van der Waals surface area contributed by atoms with Crippen LogP contribution in [0.2, 0.25) is 0 Å². The van der Waals surface area contributed by atoms with Gasteiger partial charge in [-0.25, -0.2) is 0 Å². The number of carbonyl (C=O) groups is 1. The van der Waals surface area contributed by atoms with E-state index in [1.54, 1.807) is 0 Å². The summed E-state index contributed by atoms with van der Waals surface area (Å²) in [5.41, 5.74) is 0.964. The van der Waals surface area contributed by atoms with E-state index in [0.29, 0.717) is 12.3 Å². The number of rotatable bonds is 9. The Morgan fingerprint density at radius 1 is 1.39 bits per heavy atom. The van der Waals surface area contributed by atoms with Crippen molar-refractivity contribution in [3.63, 3.8) is 0 Å². The molecule has 0 aliphatic rings. The average molecular weight is 253 g/mol. The molecule has 0 unspecified atom stereocenters. The van der Waals surface area contributed by atoms with Crippen LogP contribution in [0.5, 0.6) is 0 Å². The molecule has 0 aromatic carbocycles. The molecule has 1 aromatic rings. The minimum absolute atomic E-state index is 0.238. The average Bonchev–Trinajstić information content (AvgIpc) is 2.79. The highest BCUT2D eigenvalue weighted by atomic mass is 16.4. The second kappa shape index (κ2) is 7.84. The summed E-state index contributed by atoms with van der Waals surface area (Å²) in [6.07, 6.45) is 6.91. The lowest BCUT2D eigenvalue weighted by Crippen LogP contribution is -2.09. The predicted octanol–water partition coefficient (Wildman–Crippen LogP) is 2.51. The van der Waals surface area contributed by atoms with Gasteiger partial charge in [0.1, 0.15) is 0 Å². The molecule has 5 heteroatoms. The van der Waals surface area contributed by atoms with Gasteiger partial charge in [0, 0.05) is 19.2 Å². The van der Waals surface area contributed by atoms with Crippen molar-refractivity contribution in [2.45, 2.75) is 58.9 Å². The molecule has 1 rings (SSSR count). The van der Waals surface area contributed by atoms with E-state index in [4.69, 9.17) is 5.11 Å². The molecular formula is C13H23N3O2. The first-order valence-corrected chi connectivity index (χ1v) is 6.76. The normalized spacial score (nSPS) is 11.1. The Labute approximate surface area is 108 Å². The van der Waals surface area contributed by atoms with Crippen LogP contribution < -0.4 is 0 Å². The summed E-state index contributed by atoms with van der Waals surface area (Å²) >= 11 is 0. The van der Waals surface area contributed by atoms with E-state index in [1.807, 2.05) is 10.9 Å². The first kappa shape index (κ1) is 14.7. The topological polar surface area (TPSA) is 68.0 Å². The van der Waals surface area contributed by atoms with Gasteiger partial charge in [0.25, 0.3) is 0 Å².